The molecule has 4 nitrogen and oxygen atoms in total. The molecule has 21 heavy (non-hydrogen) atoms. The summed E-state index contributed by atoms with van der Waals surface area (Å²) in [5.41, 5.74) is 0.770. The number of thiophene rings is 1. The highest BCUT2D eigenvalue weighted by Crippen LogP contribution is 2.18. The molecule has 1 aliphatic heterocycles. The molecular weight excluding hydrogens is 284 g/mol. The Hall–Kier alpha value is -1.35. The fourth-order valence-corrected chi connectivity index (χ4v) is 3.20. The third-order valence-electron chi connectivity index (χ3n) is 3.62. The van der Waals surface area contributed by atoms with Crippen LogP contribution in [-0.2, 0) is 0 Å². The van der Waals surface area contributed by atoms with Gasteiger partial charge in [-0.25, -0.2) is 0 Å². The number of hydrogen-bond acceptors (Lipinski definition) is 4. The van der Waals surface area contributed by atoms with E-state index in [1.807, 2.05) is 18.5 Å². The van der Waals surface area contributed by atoms with Gasteiger partial charge in [-0.3, -0.25) is 4.79 Å². The van der Waals surface area contributed by atoms with Crippen LogP contribution >= 0.6 is 11.3 Å². The Balaban J connectivity index is 1.92. The molecule has 5 heteroatoms. The summed E-state index contributed by atoms with van der Waals surface area (Å²) in [6.45, 7) is 4.05. The Kier molecular flexibility index (Phi) is 6.24. The zero-order valence-electron chi connectivity index (χ0n) is 12.5. The number of carbonyl (C=O) groups excluding carboxylic acids is 1. The van der Waals surface area contributed by atoms with Crippen molar-refractivity contribution < 1.29 is 9.90 Å². The van der Waals surface area contributed by atoms with Gasteiger partial charge in [0.25, 0.3) is 5.91 Å². The molecule has 2 rings (SSSR count). The van der Waals surface area contributed by atoms with Crippen LogP contribution in [0.4, 0.5) is 0 Å². The van der Waals surface area contributed by atoms with Gasteiger partial charge in [-0.05, 0) is 37.4 Å². The van der Waals surface area contributed by atoms with Crippen LogP contribution in [0.1, 0.15) is 34.5 Å². The highest BCUT2D eigenvalue weighted by atomic mass is 32.1. The summed E-state index contributed by atoms with van der Waals surface area (Å²) >= 11 is 1.43. The topological polar surface area (TPSA) is 43.8 Å². The number of likely N-dealkylation sites (tertiary alicyclic amines) is 1. The highest BCUT2D eigenvalue weighted by molar-refractivity contribution is 7.12. The summed E-state index contributed by atoms with van der Waals surface area (Å²) in [7, 11) is 1.85. The van der Waals surface area contributed by atoms with Gasteiger partial charge < -0.3 is 14.9 Å². The number of aliphatic hydroxyl groups is 1. The molecule has 0 unspecified atom stereocenters. The molecule has 0 bridgehead atoms. The summed E-state index contributed by atoms with van der Waals surface area (Å²) in [6.07, 6.45) is 2.98. The van der Waals surface area contributed by atoms with E-state index < -0.39 is 0 Å². The van der Waals surface area contributed by atoms with Crippen LogP contribution < -0.4 is 0 Å². The van der Waals surface area contributed by atoms with Crippen LogP contribution in [0.5, 0.6) is 0 Å². The molecule has 0 spiro atoms. The van der Waals surface area contributed by atoms with E-state index in [9.17, 15) is 4.79 Å². The van der Waals surface area contributed by atoms with E-state index in [-0.39, 0.29) is 12.5 Å². The molecule has 1 amide bonds. The Morgan fingerprint density at radius 1 is 1.48 bits per heavy atom. The van der Waals surface area contributed by atoms with Gasteiger partial charge in [0.05, 0.1) is 6.61 Å². The van der Waals surface area contributed by atoms with Crippen LogP contribution in [0.2, 0.25) is 0 Å². The minimum Gasteiger partial charge on any atom is -0.395 e. The van der Waals surface area contributed by atoms with Crippen molar-refractivity contribution in [3.8, 4) is 11.8 Å². The molecule has 1 fully saturated rings. The van der Waals surface area contributed by atoms with Gasteiger partial charge in [0, 0.05) is 32.1 Å². The predicted molar refractivity (Wildman–Crippen MR) is 85.5 cm³/mol. The Bertz CT molecular complexity index is 524. The Morgan fingerprint density at radius 2 is 2.24 bits per heavy atom. The average molecular weight is 306 g/mol. The SMILES string of the molecule is CN(CCN1CCCC1)C(=O)c1sccc1C#CCCO. The first-order valence-corrected chi connectivity index (χ1v) is 8.25. The molecule has 0 aliphatic carbocycles. The number of likely N-dealkylation sites (N-methyl/N-ethyl adjacent to an activating group) is 1. The van der Waals surface area contributed by atoms with Crippen molar-refractivity contribution in [2.75, 3.05) is 39.8 Å². The van der Waals surface area contributed by atoms with Gasteiger partial charge >= 0.3 is 0 Å². The molecule has 114 valence electrons. The molecule has 0 atom stereocenters. The summed E-state index contributed by atoms with van der Waals surface area (Å²) in [6, 6.07) is 1.87. The van der Waals surface area contributed by atoms with Crippen molar-refractivity contribution in [2.45, 2.75) is 19.3 Å². The molecule has 0 radical (unpaired) electrons. The molecule has 1 N–H and O–H groups in total. The third-order valence-corrected chi connectivity index (χ3v) is 4.52. The maximum Gasteiger partial charge on any atom is 0.264 e. The lowest BCUT2D eigenvalue weighted by Crippen LogP contribution is -2.35. The summed E-state index contributed by atoms with van der Waals surface area (Å²) in [5, 5.41) is 10.6. The summed E-state index contributed by atoms with van der Waals surface area (Å²) in [5.74, 6) is 5.89. The van der Waals surface area contributed by atoms with Gasteiger partial charge in [0.1, 0.15) is 4.88 Å². The summed E-state index contributed by atoms with van der Waals surface area (Å²) in [4.78, 5) is 17.3. The smallest absolute Gasteiger partial charge is 0.264 e. The second-order valence-corrected chi connectivity index (χ2v) is 6.13. The molecule has 1 aromatic rings. The predicted octanol–water partition coefficient (Wildman–Crippen LogP) is 1.65. The highest BCUT2D eigenvalue weighted by Gasteiger charge is 2.18. The van der Waals surface area contributed by atoms with E-state index in [2.05, 4.69) is 16.7 Å². The lowest BCUT2D eigenvalue weighted by atomic mass is 10.2. The fraction of sp³-hybridized carbons (Fsp3) is 0.562. The van der Waals surface area contributed by atoms with Gasteiger partial charge in [0.2, 0.25) is 0 Å². The number of aliphatic hydroxyl groups excluding tert-OH is 1. The molecule has 1 aliphatic rings. The average Bonchev–Trinajstić information content (AvgIpc) is 3.15. The zero-order chi connectivity index (χ0) is 15.1. The molecular formula is C16H22N2O2S. The van der Waals surface area contributed by atoms with Crippen LogP contribution in [0.3, 0.4) is 0 Å². The normalized spacial score (nSPS) is 14.8. The van der Waals surface area contributed by atoms with Gasteiger partial charge in [-0.1, -0.05) is 11.8 Å². The number of nitrogens with zero attached hydrogens (tertiary/aromatic N) is 2. The number of carbonyl (C=O) groups is 1. The second kappa shape index (κ2) is 8.18. The second-order valence-electron chi connectivity index (χ2n) is 5.21. The van der Waals surface area contributed by atoms with E-state index in [4.69, 9.17) is 5.11 Å². The number of hydrogen-bond donors (Lipinski definition) is 1. The minimum atomic E-state index is 0.0393. The minimum absolute atomic E-state index is 0.0393. The maximum atomic E-state index is 12.5. The third kappa shape index (κ3) is 4.57. The largest absolute Gasteiger partial charge is 0.395 e. The van der Waals surface area contributed by atoms with Crippen molar-refractivity contribution in [1.29, 1.82) is 0 Å². The van der Waals surface area contributed by atoms with Crippen LogP contribution in [-0.4, -0.2) is 60.6 Å². The van der Waals surface area contributed by atoms with Crippen LogP contribution in [0, 0.1) is 11.8 Å². The lowest BCUT2D eigenvalue weighted by molar-refractivity contribution is 0.0787. The lowest BCUT2D eigenvalue weighted by Gasteiger charge is -2.21. The van der Waals surface area contributed by atoms with Crippen molar-refractivity contribution >= 4 is 17.2 Å². The fourth-order valence-electron chi connectivity index (χ4n) is 2.36. The molecule has 1 aromatic heterocycles. The molecule has 2 heterocycles. The van der Waals surface area contributed by atoms with Gasteiger partial charge in [-0.2, -0.15) is 0 Å². The number of amides is 1. The van der Waals surface area contributed by atoms with E-state index in [0.29, 0.717) is 11.3 Å². The van der Waals surface area contributed by atoms with Crippen molar-refractivity contribution in [2.24, 2.45) is 0 Å². The Morgan fingerprint density at radius 3 is 2.95 bits per heavy atom. The number of rotatable bonds is 5. The molecule has 0 aromatic carbocycles. The van der Waals surface area contributed by atoms with Crippen molar-refractivity contribution in [3.05, 3.63) is 21.9 Å². The maximum absolute atomic E-state index is 12.5. The first kappa shape index (κ1) is 16.0. The quantitative estimate of drug-likeness (QED) is 0.841. The monoisotopic (exact) mass is 306 g/mol. The van der Waals surface area contributed by atoms with E-state index in [1.54, 1.807) is 4.90 Å². The standard InChI is InChI=1S/C16H22N2O2S/c1-17(10-11-18-8-3-4-9-18)16(20)15-14(7-13-21-15)6-2-5-12-19/h7,13,19H,3-5,8-12H2,1H3. The van der Waals surface area contributed by atoms with E-state index in [0.717, 1.165) is 31.7 Å². The van der Waals surface area contributed by atoms with E-state index >= 15 is 0 Å². The van der Waals surface area contributed by atoms with Crippen molar-refractivity contribution in [1.82, 2.24) is 9.80 Å². The van der Waals surface area contributed by atoms with E-state index in [1.165, 1.54) is 24.2 Å². The zero-order valence-corrected chi connectivity index (χ0v) is 13.3. The Labute approximate surface area is 130 Å². The van der Waals surface area contributed by atoms with Crippen LogP contribution in [0.15, 0.2) is 11.4 Å². The molecule has 1 saturated heterocycles. The summed E-state index contributed by atoms with van der Waals surface area (Å²) < 4.78 is 0. The van der Waals surface area contributed by atoms with Crippen molar-refractivity contribution in [3.63, 3.8) is 0 Å². The van der Waals surface area contributed by atoms with Gasteiger partial charge in [0.15, 0.2) is 0 Å². The van der Waals surface area contributed by atoms with Crippen LogP contribution in [0.25, 0.3) is 0 Å². The first-order chi connectivity index (χ1) is 10.2. The first-order valence-electron chi connectivity index (χ1n) is 7.37. The van der Waals surface area contributed by atoms with Gasteiger partial charge in [-0.15, -0.1) is 11.3 Å². The molecule has 0 saturated carbocycles.